The van der Waals surface area contributed by atoms with Crippen LogP contribution in [0.15, 0.2) is 186 Å². The molecule has 0 spiro atoms. The average Bonchev–Trinajstić information content (AvgIpc) is 3.94. The van der Waals surface area contributed by atoms with Gasteiger partial charge in [-0.15, -0.1) is 0 Å². The van der Waals surface area contributed by atoms with Crippen LogP contribution in [-0.4, -0.2) is 28.4 Å². The molecule has 5 atom stereocenters. The van der Waals surface area contributed by atoms with E-state index in [2.05, 4.69) is 130 Å². The minimum atomic E-state index is 0.307. The van der Waals surface area contributed by atoms with E-state index in [9.17, 15) is 0 Å². The van der Waals surface area contributed by atoms with Gasteiger partial charge in [0.05, 0.1) is 6.04 Å². The Bertz CT molecular complexity index is 2340. The zero-order chi connectivity index (χ0) is 37.5. The second-order valence-corrected chi connectivity index (χ2v) is 19.3. The van der Waals surface area contributed by atoms with E-state index in [1.165, 1.54) is 97.9 Å². The number of nitrogens with zero attached hydrogens (tertiary/aromatic N) is 2. The summed E-state index contributed by atoms with van der Waals surface area (Å²) in [4.78, 5) is 9.01. The molecule has 57 heavy (non-hydrogen) atoms. The molecule has 0 radical (unpaired) electrons. The minimum Gasteiger partial charge on any atom is -0.387 e. The van der Waals surface area contributed by atoms with E-state index in [0.29, 0.717) is 29.8 Å². The first-order valence-electron chi connectivity index (χ1n) is 22.4. The Morgan fingerprint density at radius 2 is 1.60 bits per heavy atom. The molecule has 12 aliphatic rings. The van der Waals surface area contributed by atoms with Crippen LogP contribution in [0.25, 0.3) is 0 Å². The molecule has 0 fully saturated rings. The monoisotopic (exact) mass is 765 g/mol. The molecule has 1 N–H and O–H groups in total. The quantitative estimate of drug-likeness (QED) is 0.300. The number of dihydropyridines is 1. The lowest BCUT2D eigenvalue weighted by Gasteiger charge is -2.39. The largest absolute Gasteiger partial charge is 0.387 e. The third-order valence-electron chi connectivity index (χ3n) is 15.1. The van der Waals surface area contributed by atoms with Gasteiger partial charge in [0, 0.05) is 53.1 Å². The summed E-state index contributed by atoms with van der Waals surface area (Å²) < 4.78 is 0. The lowest BCUT2D eigenvalue weighted by atomic mass is 9.76. The van der Waals surface area contributed by atoms with Crippen LogP contribution in [0.1, 0.15) is 96.3 Å². The number of rotatable bonds is 5. The van der Waals surface area contributed by atoms with Crippen LogP contribution in [0.5, 0.6) is 0 Å². The van der Waals surface area contributed by atoms with Crippen molar-refractivity contribution in [2.45, 2.75) is 108 Å². The normalized spacial score (nSPS) is 32.4. The first kappa shape index (κ1) is 34.6. The van der Waals surface area contributed by atoms with Crippen LogP contribution >= 0.6 is 11.8 Å². The van der Waals surface area contributed by atoms with Gasteiger partial charge in [0.15, 0.2) is 0 Å². The minimum absolute atomic E-state index is 0.307. The van der Waals surface area contributed by atoms with Gasteiger partial charge < -0.3 is 15.1 Å². The predicted octanol–water partition coefficient (Wildman–Crippen LogP) is 12.7. The Labute approximate surface area is 344 Å². The van der Waals surface area contributed by atoms with E-state index < -0.39 is 0 Å². The third kappa shape index (κ3) is 5.82. The van der Waals surface area contributed by atoms with E-state index in [0.717, 1.165) is 38.6 Å². The number of hydrogen-bond acceptors (Lipinski definition) is 4. The molecule has 0 amide bonds. The molecule has 288 valence electrons. The highest BCUT2D eigenvalue weighted by Gasteiger charge is 2.46. The van der Waals surface area contributed by atoms with Crippen LogP contribution in [0.2, 0.25) is 0 Å². The maximum atomic E-state index is 3.37. The van der Waals surface area contributed by atoms with E-state index in [-0.39, 0.29) is 0 Å². The molecule has 0 saturated heterocycles. The summed E-state index contributed by atoms with van der Waals surface area (Å²) in [5, 5.41) is 3.37. The van der Waals surface area contributed by atoms with Gasteiger partial charge in [-0.1, -0.05) is 84.2 Å². The lowest BCUT2D eigenvalue weighted by Crippen LogP contribution is -2.36. The first-order valence-corrected chi connectivity index (χ1v) is 23.3. The molecule has 0 aromatic rings. The van der Waals surface area contributed by atoms with Gasteiger partial charge in [0.25, 0.3) is 0 Å². The summed E-state index contributed by atoms with van der Waals surface area (Å²) in [5.74, 6) is 1.62. The van der Waals surface area contributed by atoms with Gasteiger partial charge in [-0.25, -0.2) is 0 Å². The van der Waals surface area contributed by atoms with Gasteiger partial charge in [-0.3, -0.25) is 0 Å². The number of nitrogens with one attached hydrogen (secondary N) is 1. The van der Waals surface area contributed by atoms with E-state index in [1.807, 2.05) is 0 Å². The van der Waals surface area contributed by atoms with Crippen LogP contribution in [0.3, 0.4) is 0 Å². The van der Waals surface area contributed by atoms with Crippen molar-refractivity contribution < 1.29 is 0 Å². The molecule has 0 aromatic heterocycles. The summed E-state index contributed by atoms with van der Waals surface area (Å²) >= 11 is 2.13. The van der Waals surface area contributed by atoms with Crippen LogP contribution in [0.4, 0.5) is 0 Å². The van der Waals surface area contributed by atoms with Crippen LogP contribution in [0, 0.1) is 17.8 Å². The highest BCUT2D eigenvalue weighted by molar-refractivity contribution is 8.07. The number of thioether (sulfide) groups is 1. The van der Waals surface area contributed by atoms with Gasteiger partial charge in [-0.2, -0.15) is 0 Å². The zero-order valence-corrected chi connectivity index (χ0v) is 34.1. The lowest BCUT2D eigenvalue weighted by molar-refractivity contribution is 0.268. The maximum Gasteiger partial charge on any atom is 0.0568 e. The third-order valence-corrected chi connectivity index (χ3v) is 16.5. The summed E-state index contributed by atoms with van der Waals surface area (Å²) in [6, 6.07) is 0.863. The molecule has 0 aromatic carbocycles. The smallest absolute Gasteiger partial charge is 0.0568 e. The Morgan fingerprint density at radius 3 is 2.53 bits per heavy atom. The molecule has 4 heterocycles. The van der Waals surface area contributed by atoms with Crippen molar-refractivity contribution in [2.24, 2.45) is 17.8 Å². The van der Waals surface area contributed by atoms with Crippen molar-refractivity contribution in [3.63, 3.8) is 0 Å². The summed E-state index contributed by atoms with van der Waals surface area (Å²) in [6.45, 7) is 0.893. The molecule has 8 aliphatic carbocycles. The molecule has 12 rings (SSSR count). The van der Waals surface area contributed by atoms with Crippen molar-refractivity contribution in [1.29, 1.82) is 0 Å². The molecular formula is C53H55N3S. The fourth-order valence-electron chi connectivity index (χ4n) is 12.5. The van der Waals surface area contributed by atoms with E-state index in [1.54, 1.807) is 49.1 Å². The van der Waals surface area contributed by atoms with Crippen molar-refractivity contribution in [2.75, 3.05) is 6.54 Å². The second kappa shape index (κ2) is 14.2. The van der Waals surface area contributed by atoms with Gasteiger partial charge in [-0.05, 0) is 187 Å². The highest BCUT2D eigenvalue weighted by Crippen LogP contribution is 2.57. The topological polar surface area (TPSA) is 18.5 Å². The maximum absolute atomic E-state index is 3.37. The predicted molar refractivity (Wildman–Crippen MR) is 237 cm³/mol. The average molecular weight is 766 g/mol. The molecule has 0 saturated carbocycles. The molecule has 3 nitrogen and oxygen atoms in total. The number of hydrogen-bond donors (Lipinski definition) is 1. The molecule has 5 unspecified atom stereocenters. The summed E-state index contributed by atoms with van der Waals surface area (Å²) in [7, 11) is 0. The first-order chi connectivity index (χ1) is 28.2. The van der Waals surface area contributed by atoms with Crippen molar-refractivity contribution in [3.8, 4) is 0 Å². The second-order valence-electron chi connectivity index (χ2n) is 18.2. The van der Waals surface area contributed by atoms with Gasteiger partial charge >= 0.3 is 0 Å². The Hall–Kier alpha value is -4.41. The fourth-order valence-corrected chi connectivity index (χ4v) is 13.9. The zero-order valence-electron chi connectivity index (χ0n) is 33.3. The standard InChI is InChI=1S/C53H55N3S/c1-2-10-34(11-3-1)38-28-39(35-24-26-54-27-25-35)30-41(29-38)56-49-16-8-5-13-43(49)46-32-37(19-22-51(46)56)36-18-21-50-45(31-36)42-12-4-7-15-48(42)55(50)40-20-23-53-47(33-40)44-14-6-9-17-52(44)57-53/h1-2,4,8,10,12,16,19-20,22-26,28,30-31,41,45-47,50,54H,3,5-7,9,11,13-15,17-18,21,27,29,32-33H2. The van der Waals surface area contributed by atoms with E-state index >= 15 is 0 Å². The molecule has 4 aliphatic heterocycles. The van der Waals surface area contributed by atoms with Gasteiger partial charge in [0.1, 0.15) is 0 Å². The number of allylic oxidation sites excluding steroid dienone is 24. The van der Waals surface area contributed by atoms with E-state index in [4.69, 9.17) is 0 Å². The number of fused-ring (bicyclic) bond motifs is 6. The summed E-state index contributed by atoms with van der Waals surface area (Å²) in [6.07, 6.45) is 59.8. The van der Waals surface area contributed by atoms with Crippen molar-refractivity contribution >= 4 is 11.8 Å². The molecular weight excluding hydrogens is 711 g/mol. The Morgan fingerprint density at radius 1 is 0.667 bits per heavy atom. The van der Waals surface area contributed by atoms with Crippen molar-refractivity contribution in [3.05, 3.63) is 186 Å². The van der Waals surface area contributed by atoms with Crippen LogP contribution in [-0.2, 0) is 0 Å². The Balaban J connectivity index is 0.859. The SMILES string of the molecule is C1=CCCC(C2=CC(C3=CCNC=C3)=CC(N3C4=CC=C(C5=CC6C7=C(CCC=C7)N(C7=CC=C8SC9=C(CCCC9)C8C7)C6CC5)CC4C4=C3C=CCC4)C2)=C1. The summed E-state index contributed by atoms with van der Waals surface area (Å²) in [5.41, 5.74) is 20.3. The van der Waals surface area contributed by atoms with Crippen LogP contribution < -0.4 is 5.32 Å². The molecule has 4 heteroatoms. The Kier molecular flexibility index (Phi) is 8.59. The van der Waals surface area contributed by atoms with Crippen molar-refractivity contribution in [1.82, 2.24) is 15.1 Å². The fraction of sp³-hybridized carbons (Fsp3) is 0.396. The van der Waals surface area contributed by atoms with Gasteiger partial charge in [0.2, 0.25) is 0 Å². The molecule has 0 bridgehead atoms. The highest BCUT2D eigenvalue weighted by atomic mass is 32.2.